The number of urea groups is 1. The van der Waals surface area contributed by atoms with E-state index in [4.69, 9.17) is 4.74 Å². The van der Waals surface area contributed by atoms with E-state index < -0.39 is 6.10 Å². The zero-order chi connectivity index (χ0) is 27.2. The van der Waals surface area contributed by atoms with Crippen molar-refractivity contribution in [1.29, 1.82) is 5.26 Å². The van der Waals surface area contributed by atoms with Gasteiger partial charge < -0.3 is 25.0 Å². The summed E-state index contributed by atoms with van der Waals surface area (Å²) in [6.07, 6.45) is 0.922. The van der Waals surface area contributed by atoms with Crippen molar-refractivity contribution in [2.75, 3.05) is 13.2 Å². The highest BCUT2D eigenvalue weighted by Gasteiger charge is 2.22. The molecule has 3 N–H and O–H groups in total. The quantitative estimate of drug-likeness (QED) is 0.226. The number of carbonyl (C=O) groups excluding carboxylic acids is 1. The minimum absolute atomic E-state index is 0.0440. The Labute approximate surface area is 227 Å². The number of nitrogens with zero attached hydrogens (tertiary/aromatic N) is 2. The number of hydrogen-bond donors (Lipinski definition) is 3. The number of H-pyrrole nitrogens is 1. The SMILES string of the molecule is CC(NC(=O)N(Cc1c[nH]c2ccccc12)CC(O)COc1ccccc1C#N)c1cccc2ccccc12. The van der Waals surface area contributed by atoms with Crippen LogP contribution in [0.2, 0.25) is 0 Å². The second-order valence-corrected chi connectivity index (χ2v) is 9.55. The number of carbonyl (C=O) groups is 1. The summed E-state index contributed by atoms with van der Waals surface area (Å²) in [5.41, 5.74) is 3.34. The zero-order valence-corrected chi connectivity index (χ0v) is 21.7. The number of benzene rings is 4. The van der Waals surface area contributed by atoms with Gasteiger partial charge in [0.05, 0.1) is 18.2 Å². The molecule has 4 aromatic carbocycles. The number of hydrogen-bond acceptors (Lipinski definition) is 4. The molecular weight excluding hydrogens is 488 g/mol. The molecule has 5 aromatic rings. The van der Waals surface area contributed by atoms with Gasteiger partial charge >= 0.3 is 6.03 Å². The van der Waals surface area contributed by atoms with Crippen LogP contribution in [0.4, 0.5) is 4.79 Å². The van der Waals surface area contributed by atoms with Gasteiger partial charge in [0.1, 0.15) is 24.5 Å². The van der Waals surface area contributed by atoms with Crippen molar-refractivity contribution < 1.29 is 14.6 Å². The van der Waals surface area contributed by atoms with Gasteiger partial charge in [-0.05, 0) is 47.0 Å². The fourth-order valence-corrected chi connectivity index (χ4v) is 4.85. The molecule has 196 valence electrons. The molecule has 1 aromatic heterocycles. The molecule has 0 aliphatic carbocycles. The third kappa shape index (κ3) is 5.87. The summed E-state index contributed by atoms with van der Waals surface area (Å²) < 4.78 is 5.74. The van der Waals surface area contributed by atoms with Gasteiger partial charge in [0.25, 0.3) is 0 Å². The Kier molecular flexibility index (Phi) is 7.76. The van der Waals surface area contributed by atoms with E-state index in [0.29, 0.717) is 17.9 Å². The summed E-state index contributed by atoms with van der Waals surface area (Å²) in [4.78, 5) is 18.5. The molecule has 0 aliphatic heterocycles. The van der Waals surface area contributed by atoms with Crippen LogP contribution in [0.1, 0.15) is 29.7 Å². The number of aromatic nitrogens is 1. The van der Waals surface area contributed by atoms with Crippen LogP contribution in [-0.4, -0.2) is 40.3 Å². The first-order chi connectivity index (χ1) is 19.0. The molecule has 0 saturated heterocycles. The first kappa shape index (κ1) is 25.8. The minimum Gasteiger partial charge on any atom is -0.489 e. The first-order valence-electron chi connectivity index (χ1n) is 12.9. The molecule has 7 nitrogen and oxygen atoms in total. The zero-order valence-electron chi connectivity index (χ0n) is 21.7. The lowest BCUT2D eigenvalue weighted by atomic mass is 10.00. The number of aliphatic hydroxyl groups is 1. The molecule has 0 fully saturated rings. The van der Waals surface area contributed by atoms with Crippen LogP contribution in [0.3, 0.4) is 0 Å². The number of aliphatic hydroxyl groups excluding tert-OH is 1. The van der Waals surface area contributed by atoms with Crippen LogP contribution in [-0.2, 0) is 6.54 Å². The van der Waals surface area contributed by atoms with Crippen LogP contribution < -0.4 is 10.1 Å². The van der Waals surface area contributed by atoms with Crippen molar-refractivity contribution in [3.05, 3.63) is 114 Å². The highest BCUT2D eigenvalue weighted by atomic mass is 16.5. The van der Waals surface area contributed by atoms with Gasteiger partial charge in [-0.25, -0.2) is 4.79 Å². The van der Waals surface area contributed by atoms with E-state index in [1.807, 2.05) is 61.7 Å². The van der Waals surface area contributed by atoms with Crippen molar-refractivity contribution in [3.8, 4) is 11.8 Å². The van der Waals surface area contributed by atoms with E-state index in [-0.39, 0.29) is 25.2 Å². The van der Waals surface area contributed by atoms with Crippen molar-refractivity contribution in [1.82, 2.24) is 15.2 Å². The highest BCUT2D eigenvalue weighted by molar-refractivity contribution is 5.87. The third-order valence-corrected chi connectivity index (χ3v) is 6.82. The van der Waals surface area contributed by atoms with Crippen molar-refractivity contribution in [2.24, 2.45) is 0 Å². The maximum absolute atomic E-state index is 13.6. The molecule has 2 amide bonds. The van der Waals surface area contributed by atoms with Gasteiger partial charge in [0.15, 0.2) is 0 Å². The summed E-state index contributed by atoms with van der Waals surface area (Å²) >= 11 is 0. The Morgan fingerprint density at radius 1 is 1.00 bits per heavy atom. The maximum atomic E-state index is 13.6. The summed E-state index contributed by atoms with van der Waals surface area (Å²) in [6.45, 7) is 2.24. The minimum atomic E-state index is -0.972. The average molecular weight is 519 g/mol. The molecule has 0 aliphatic rings. The maximum Gasteiger partial charge on any atom is 0.318 e. The smallest absolute Gasteiger partial charge is 0.318 e. The molecule has 0 bridgehead atoms. The van der Waals surface area contributed by atoms with Crippen LogP contribution in [0.25, 0.3) is 21.7 Å². The largest absolute Gasteiger partial charge is 0.489 e. The van der Waals surface area contributed by atoms with Gasteiger partial charge in [0, 0.05) is 23.6 Å². The van der Waals surface area contributed by atoms with E-state index in [1.54, 1.807) is 29.2 Å². The number of fused-ring (bicyclic) bond motifs is 2. The molecule has 5 rings (SSSR count). The topological polar surface area (TPSA) is 101 Å². The Bertz CT molecular complexity index is 1630. The number of aromatic amines is 1. The van der Waals surface area contributed by atoms with Crippen LogP contribution in [0, 0.1) is 11.3 Å². The normalized spacial score (nSPS) is 12.5. The standard InChI is InChI=1S/C32H30N4O3/c1-22(27-14-8-11-23-9-2-4-12-28(23)27)35-32(38)36(19-25-18-34-30-15-6-5-13-29(25)30)20-26(37)21-39-31-16-7-3-10-24(31)17-33/h2-16,18,22,26,34,37H,19-21H2,1H3,(H,35,38). The van der Waals surface area contributed by atoms with Gasteiger partial charge in [-0.3, -0.25) is 0 Å². The Morgan fingerprint density at radius 3 is 2.56 bits per heavy atom. The van der Waals surface area contributed by atoms with Crippen LogP contribution in [0.5, 0.6) is 5.75 Å². The number of rotatable bonds is 9. The Balaban J connectivity index is 1.35. The summed E-state index contributed by atoms with van der Waals surface area (Å²) in [5, 5.41) is 26.5. The van der Waals surface area contributed by atoms with E-state index >= 15 is 0 Å². The molecule has 0 saturated carbocycles. The fourth-order valence-electron chi connectivity index (χ4n) is 4.85. The van der Waals surface area contributed by atoms with Crippen molar-refractivity contribution in [3.63, 3.8) is 0 Å². The lowest BCUT2D eigenvalue weighted by Crippen LogP contribution is -2.45. The van der Waals surface area contributed by atoms with E-state index in [1.165, 1.54) is 0 Å². The predicted octanol–water partition coefficient (Wildman–Crippen LogP) is 5.91. The van der Waals surface area contributed by atoms with Gasteiger partial charge in [-0.2, -0.15) is 5.26 Å². The van der Waals surface area contributed by atoms with E-state index in [0.717, 1.165) is 32.8 Å². The van der Waals surface area contributed by atoms with E-state index in [9.17, 15) is 15.2 Å². The molecule has 0 spiro atoms. The fraction of sp³-hybridized carbons (Fsp3) is 0.188. The number of nitrogens with one attached hydrogen (secondary N) is 2. The van der Waals surface area contributed by atoms with Crippen LogP contribution >= 0.6 is 0 Å². The van der Waals surface area contributed by atoms with Gasteiger partial charge in [-0.1, -0.05) is 72.8 Å². The number of para-hydroxylation sites is 2. The first-order valence-corrected chi connectivity index (χ1v) is 12.9. The van der Waals surface area contributed by atoms with Gasteiger partial charge in [0.2, 0.25) is 0 Å². The second kappa shape index (κ2) is 11.7. The van der Waals surface area contributed by atoms with Gasteiger partial charge in [-0.15, -0.1) is 0 Å². The number of ether oxygens (including phenoxy) is 1. The Hall–Kier alpha value is -4.80. The monoisotopic (exact) mass is 518 g/mol. The third-order valence-electron chi connectivity index (χ3n) is 6.82. The number of amides is 2. The Morgan fingerprint density at radius 2 is 1.72 bits per heavy atom. The van der Waals surface area contributed by atoms with Crippen LogP contribution in [0.15, 0.2) is 97.2 Å². The molecule has 7 heteroatoms. The average Bonchev–Trinajstić information content (AvgIpc) is 3.38. The highest BCUT2D eigenvalue weighted by Crippen LogP contribution is 2.25. The van der Waals surface area contributed by atoms with Crippen molar-refractivity contribution in [2.45, 2.75) is 25.6 Å². The molecule has 39 heavy (non-hydrogen) atoms. The lowest BCUT2D eigenvalue weighted by Gasteiger charge is -2.28. The molecule has 0 radical (unpaired) electrons. The predicted molar refractivity (Wildman–Crippen MR) is 152 cm³/mol. The molecular formula is C32H30N4O3. The number of nitriles is 1. The lowest BCUT2D eigenvalue weighted by molar-refractivity contribution is 0.0744. The summed E-state index contributed by atoms with van der Waals surface area (Å²) in [6, 6.07) is 30.5. The van der Waals surface area contributed by atoms with Crippen molar-refractivity contribution >= 4 is 27.7 Å². The summed E-state index contributed by atoms with van der Waals surface area (Å²) in [5.74, 6) is 0.399. The molecule has 2 atom stereocenters. The second-order valence-electron chi connectivity index (χ2n) is 9.55. The molecule has 1 heterocycles. The molecule has 2 unspecified atom stereocenters. The summed E-state index contributed by atoms with van der Waals surface area (Å²) in [7, 11) is 0. The van der Waals surface area contributed by atoms with E-state index in [2.05, 4.69) is 34.6 Å².